The summed E-state index contributed by atoms with van der Waals surface area (Å²) in [5.74, 6) is -0.0690. The van der Waals surface area contributed by atoms with Gasteiger partial charge in [-0.15, -0.1) is 0 Å². The van der Waals surface area contributed by atoms with Crippen LogP contribution in [0.25, 0.3) is 0 Å². The molecule has 1 aromatic heterocycles. The van der Waals surface area contributed by atoms with E-state index in [0.717, 1.165) is 8.04 Å². The topological polar surface area (TPSA) is 46.9 Å². The maximum Gasteiger partial charge on any atom is 0.252 e. The Balaban J connectivity index is 1.93. The number of halogens is 2. The van der Waals surface area contributed by atoms with Crippen LogP contribution < -0.4 is 5.32 Å². The van der Waals surface area contributed by atoms with Crippen LogP contribution in [-0.4, -0.2) is 22.0 Å². The average Bonchev–Trinajstić information content (AvgIpc) is 2.85. The van der Waals surface area contributed by atoms with Gasteiger partial charge in [-0.05, 0) is 56.7 Å². The number of amides is 1. The van der Waals surface area contributed by atoms with Gasteiger partial charge in [0.05, 0.1) is 11.9 Å². The zero-order valence-electron chi connectivity index (χ0n) is 9.44. The molecule has 0 aliphatic rings. The van der Waals surface area contributed by atoms with Crippen LogP contribution in [0.15, 0.2) is 41.4 Å². The second kappa shape index (κ2) is 6.33. The van der Waals surface area contributed by atoms with Gasteiger partial charge in [-0.3, -0.25) is 4.79 Å². The third kappa shape index (κ3) is 3.55. The summed E-state index contributed by atoms with van der Waals surface area (Å²) in [5, 5.41) is 2.88. The number of imidazole rings is 1. The molecule has 1 aromatic carbocycles. The molecule has 2 rings (SSSR count). The van der Waals surface area contributed by atoms with Crippen LogP contribution in [0.4, 0.5) is 0 Å². The van der Waals surface area contributed by atoms with Gasteiger partial charge in [0.25, 0.3) is 5.91 Å². The Labute approximate surface area is 127 Å². The van der Waals surface area contributed by atoms with Crippen molar-refractivity contribution in [2.45, 2.75) is 6.54 Å². The zero-order valence-corrected chi connectivity index (χ0v) is 13.2. The molecule has 4 nitrogen and oxygen atoms in total. The zero-order chi connectivity index (χ0) is 13.0. The molecule has 1 heterocycles. The molecule has 6 heteroatoms. The Morgan fingerprint density at radius 1 is 1.50 bits per heavy atom. The third-order valence-corrected chi connectivity index (χ3v) is 3.75. The number of hydrogen-bond acceptors (Lipinski definition) is 2. The number of hydrogen-bond donors (Lipinski definition) is 1. The summed E-state index contributed by atoms with van der Waals surface area (Å²) < 4.78 is 3.77. The Morgan fingerprint density at radius 3 is 3.06 bits per heavy atom. The van der Waals surface area contributed by atoms with E-state index < -0.39 is 0 Å². The van der Waals surface area contributed by atoms with E-state index in [-0.39, 0.29) is 5.91 Å². The molecule has 1 amide bonds. The van der Waals surface area contributed by atoms with Gasteiger partial charge >= 0.3 is 0 Å². The Bertz CT molecular complexity index is 542. The Hall–Kier alpha value is -0.890. The van der Waals surface area contributed by atoms with Gasteiger partial charge in [-0.1, -0.05) is 0 Å². The second-order valence-corrected chi connectivity index (χ2v) is 5.78. The Morgan fingerprint density at radius 2 is 2.33 bits per heavy atom. The molecule has 94 valence electrons. The molecule has 0 fully saturated rings. The molecule has 0 spiro atoms. The minimum absolute atomic E-state index is 0.0690. The second-order valence-electron chi connectivity index (χ2n) is 3.68. The highest BCUT2D eigenvalue weighted by molar-refractivity contribution is 14.1. The van der Waals surface area contributed by atoms with Crippen molar-refractivity contribution in [2.75, 3.05) is 6.54 Å². The Kier molecular flexibility index (Phi) is 4.76. The van der Waals surface area contributed by atoms with Crippen LogP contribution in [0.2, 0.25) is 0 Å². The maximum atomic E-state index is 12.0. The average molecular weight is 420 g/mol. The number of benzene rings is 1. The van der Waals surface area contributed by atoms with Crippen LogP contribution in [0.1, 0.15) is 10.4 Å². The molecule has 18 heavy (non-hydrogen) atoms. The van der Waals surface area contributed by atoms with Gasteiger partial charge in [0.2, 0.25) is 0 Å². The summed E-state index contributed by atoms with van der Waals surface area (Å²) in [5.41, 5.74) is 0.660. The van der Waals surface area contributed by atoms with Crippen LogP contribution in [-0.2, 0) is 6.54 Å². The standard InChI is InChI=1S/C12H11BrIN3O/c13-11-2-1-9(14)7-10(11)12(18)16-4-6-17-5-3-15-8-17/h1-3,5,7-8H,4,6H2,(H,16,18). The van der Waals surface area contributed by atoms with Gasteiger partial charge in [0.15, 0.2) is 0 Å². The molecule has 0 aliphatic heterocycles. The predicted molar refractivity (Wildman–Crippen MR) is 81.4 cm³/mol. The molecule has 2 aromatic rings. The predicted octanol–water partition coefficient (Wildman–Crippen LogP) is 2.68. The van der Waals surface area contributed by atoms with Crippen LogP contribution >= 0.6 is 38.5 Å². The number of nitrogens with one attached hydrogen (secondary N) is 1. The van der Waals surface area contributed by atoms with E-state index in [0.29, 0.717) is 18.7 Å². The summed E-state index contributed by atoms with van der Waals surface area (Å²) in [7, 11) is 0. The highest BCUT2D eigenvalue weighted by Crippen LogP contribution is 2.19. The molecule has 0 saturated carbocycles. The number of carbonyl (C=O) groups is 1. The smallest absolute Gasteiger partial charge is 0.252 e. The fourth-order valence-electron chi connectivity index (χ4n) is 1.48. The normalized spacial score (nSPS) is 10.3. The van der Waals surface area contributed by atoms with Crippen molar-refractivity contribution in [3.63, 3.8) is 0 Å². The van der Waals surface area contributed by atoms with E-state index in [2.05, 4.69) is 48.8 Å². The van der Waals surface area contributed by atoms with Crippen molar-refractivity contribution in [1.29, 1.82) is 0 Å². The molecule has 0 unspecified atom stereocenters. The highest BCUT2D eigenvalue weighted by atomic mass is 127. The van der Waals surface area contributed by atoms with Crippen molar-refractivity contribution in [3.8, 4) is 0 Å². The van der Waals surface area contributed by atoms with E-state index in [1.807, 2.05) is 29.0 Å². The van der Waals surface area contributed by atoms with E-state index >= 15 is 0 Å². The molecule has 0 saturated heterocycles. The van der Waals surface area contributed by atoms with Gasteiger partial charge in [0.1, 0.15) is 0 Å². The lowest BCUT2D eigenvalue weighted by molar-refractivity contribution is 0.0951. The lowest BCUT2D eigenvalue weighted by Gasteiger charge is -2.07. The molecule has 0 atom stereocenters. The highest BCUT2D eigenvalue weighted by Gasteiger charge is 2.09. The molecular weight excluding hydrogens is 409 g/mol. The fourth-order valence-corrected chi connectivity index (χ4v) is 2.40. The summed E-state index contributed by atoms with van der Waals surface area (Å²) in [4.78, 5) is 15.9. The lowest BCUT2D eigenvalue weighted by atomic mass is 10.2. The van der Waals surface area contributed by atoms with E-state index in [1.54, 1.807) is 12.5 Å². The summed E-state index contributed by atoms with van der Waals surface area (Å²) in [6.07, 6.45) is 5.32. The lowest BCUT2D eigenvalue weighted by Crippen LogP contribution is -2.27. The fraction of sp³-hybridized carbons (Fsp3) is 0.167. The third-order valence-electron chi connectivity index (χ3n) is 2.39. The summed E-state index contributed by atoms with van der Waals surface area (Å²) in [6.45, 7) is 1.29. The van der Waals surface area contributed by atoms with Crippen molar-refractivity contribution in [3.05, 3.63) is 50.5 Å². The first-order chi connectivity index (χ1) is 8.66. The van der Waals surface area contributed by atoms with E-state index in [4.69, 9.17) is 0 Å². The minimum Gasteiger partial charge on any atom is -0.350 e. The molecule has 0 bridgehead atoms. The minimum atomic E-state index is -0.0690. The monoisotopic (exact) mass is 419 g/mol. The summed E-state index contributed by atoms with van der Waals surface area (Å²) in [6, 6.07) is 5.69. The first-order valence-electron chi connectivity index (χ1n) is 5.36. The van der Waals surface area contributed by atoms with Crippen molar-refractivity contribution in [1.82, 2.24) is 14.9 Å². The van der Waals surface area contributed by atoms with Crippen molar-refractivity contribution in [2.24, 2.45) is 0 Å². The van der Waals surface area contributed by atoms with Gasteiger partial charge in [-0.25, -0.2) is 4.98 Å². The van der Waals surface area contributed by atoms with Gasteiger partial charge in [0, 0.05) is 33.5 Å². The molecule has 1 N–H and O–H groups in total. The van der Waals surface area contributed by atoms with Crippen molar-refractivity contribution < 1.29 is 4.79 Å². The number of aromatic nitrogens is 2. The number of nitrogens with zero attached hydrogens (tertiary/aromatic N) is 2. The van der Waals surface area contributed by atoms with Crippen LogP contribution in [0.3, 0.4) is 0 Å². The molecule has 0 aliphatic carbocycles. The van der Waals surface area contributed by atoms with Gasteiger partial charge < -0.3 is 9.88 Å². The maximum absolute atomic E-state index is 12.0. The number of rotatable bonds is 4. The van der Waals surface area contributed by atoms with Gasteiger partial charge in [-0.2, -0.15) is 0 Å². The largest absolute Gasteiger partial charge is 0.350 e. The van der Waals surface area contributed by atoms with Crippen molar-refractivity contribution >= 4 is 44.4 Å². The SMILES string of the molecule is O=C(NCCn1ccnc1)c1cc(I)ccc1Br. The van der Waals surface area contributed by atoms with E-state index in [1.165, 1.54) is 0 Å². The van der Waals surface area contributed by atoms with Crippen LogP contribution in [0, 0.1) is 3.57 Å². The first-order valence-corrected chi connectivity index (χ1v) is 7.23. The number of carbonyl (C=O) groups excluding carboxylic acids is 1. The van der Waals surface area contributed by atoms with E-state index in [9.17, 15) is 4.79 Å². The quantitative estimate of drug-likeness (QED) is 0.774. The first kappa shape index (κ1) is 13.5. The summed E-state index contributed by atoms with van der Waals surface area (Å²) >= 11 is 5.57. The molecule has 0 radical (unpaired) electrons. The van der Waals surface area contributed by atoms with Crippen LogP contribution in [0.5, 0.6) is 0 Å². The molecular formula is C12H11BrIN3O.